The SMILES string of the molecule is CCC1(Br)C2CCCCC21. The molecule has 0 nitrogen and oxygen atoms in total. The van der Waals surface area contributed by atoms with Crippen molar-refractivity contribution in [1.29, 1.82) is 0 Å². The Bertz CT molecular complexity index is 130. The number of rotatable bonds is 1. The minimum atomic E-state index is 0.601. The molecule has 0 radical (unpaired) electrons. The van der Waals surface area contributed by atoms with Gasteiger partial charge in [-0.25, -0.2) is 0 Å². The third-order valence-corrected chi connectivity index (χ3v) is 5.17. The summed E-state index contributed by atoms with van der Waals surface area (Å²) in [5, 5.41) is 0. The molecule has 2 saturated carbocycles. The maximum atomic E-state index is 3.88. The summed E-state index contributed by atoms with van der Waals surface area (Å²) in [6.07, 6.45) is 7.28. The van der Waals surface area contributed by atoms with Crippen LogP contribution in [0.2, 0.25) is 0 Å². The molecular formula is C9H15Br. The topological polar surface area (TPSA) is 0 Å². The summed E-state index contributed by atoms with van der Waals surface area (Å²) < 4.78 is 0.601. The van der Waals surface area contributed by atoms with Crippen LogP contribution in [0.1, 0.15) is 39.0 Å². The summed E-state index contributed by atoms with van der Waals surface area (Å²) >= 11 is 3.88. The highest BCUT2D eigenvalue weighted by Crippen LogP contribution is 2.65. The van der Waals surface area contributed by atoms with E-state index in [1.165, 1.54) is 32.1 Å². The summed E-state index contributed by atoms with van der Waals surface area (Å²) in [6.45, 7) is 2.31. The van der Waals surface area contributed by atoms with Gasteiger partial charge >= 0.3 is 0 Å². The van der Waals surface area contributed by atoms with Crippen molar-refractivity contribution in [3.8, 4) is 0 Å². The van der Waals surface area contributed by atoms with Crippen molar-refractivity contribution in [2.75, 3.05) is 0 Å². The van der Waals surface area contributed by atoms with Crippen molar-refractivity contribution in [3.63, 3.8) is 0 Å². The van der Waals surface area contributed by atoms with Crippen LogP contribution < -0.4 is 0 Å². The lowest BCUT2D eigenvalue weighted by molar-refractivity contribution is 0.480. The molecule has 0 heterocycles. The molecule has 2 rings (SSSR count). The van der Waals surface area contributed by atoms with E-state index >= 15 is 0 Å². The summed E-state index contributed by atoms with van der Waals surface area (Å²) in [5.41, 5.74) is 0. The molecule has 0 aromatic carbocycles. The predicted molar refractivity (Wildman–Crippen MR) is 47.4 cm³/mol. The standard InChI is InChI=1S/C9H15Br/c1-2-9(10)7-5-3-4-6-8(7)9/h7-8H,2-6H2,1H3. The second-order valence-corrected chi connectivity index (χ2v) is 5.25. The van der Waals surface area contributed by atoms with Gasteiger partial charge < -0.3 is 0 Å². The zero-order valence-corrected chi connectivity index (χ0v) is 8.15. The molecule has 0 spiro atoms. The maximum Gasteiger partial charge on any atom is 0.0317 e. The second kappa shape index (κ2) is 2.23. The van der Waals surface area contributed by atoms with Crippen molar-refractivity contribution >= 4 is 15.9 Å². The number of fused-ring (bicyclic) bond motifs is 1. The van der Waals surface area contributed by atoms with Crippen molar-refractivity contribution in [2.24, 2.45) is 11.8 Å². The number of halogens is 1. The second-order valence-electron chi connectivity index (χ2n) is 3.78. The molecule has 0 amide bonds. The monoisotopic (exact) mass is 202 g/mol. The Labute approximate surface area is 71.5 Å². The average molecular weight is 203 g/mol. The van der Waals surface area contributed by atoms with Crippen LogP contribution in [0.3, 0.4) is 0 Å². The van der Waals surface area contributed by atoms with Crippen LogP contribution in [0.15, 0.2) is 0 Å². The van der Waals surface area contributed by atoms with Crippen LogP contribution >= 0.6 is 15.9 Å². The van der Waals surface area contributed by atoms with Crippen LogP contribution in [0, 0.1) is 11.8 Å². The Hall–Kier alpha value is 0.480. The molecular weight excluding hydrogens is 188 g/mol. The average Bonchev–Trinajstić information content (AvgIpc) is 2.60. The van der Waals surface area contributed by atoms with Gasteiger partial charge in [-0.2, -0.15) is 0 Å². The van der Waals surface area contributed by atoms with Crippen LogP contribution in [-0.2, 0) is 0 Å². The van der Waals surface area contributed by atoms with Gasteiger partial charge in [-0.1, -0.05) is 35.7 Å². The van der Waals surface area contributed by atoms with Gasteiger partial charge in [-0.15, -0.1) is 0 Å². The molecule has 58 valence electrons. The Kier molecular flexibility index (Phi) is 1.59. The third-order valence-electron chi connectivity index (χ3n) is 3.43. The van der Waals surface area contributed by atoms with E-state index in [1.54, 1.807) is 0 Å². The molecule has 1 heteroatoms. The number of hydrogen-bond acceptors (Lipinski definition) is 0. The fourth-order valence-electron chi connectivity index (χ4n) is 2.70. The molecule has 2 aliphatic carbocycles. The highest BCUT2D eigenvalue weighted by atomic mass is 79.9. The highest BCUT2D eigenvalue weighted by molar-refractivity contribution is 9.10. The van der Waals surface area contributed by atoms with Crippen molar-refractivity contribution in [2.45, 2.75) is 43.4 Å². The van der Waals surface area contributed by atoms with E-state index in [9.17, 15) is 0 Å². The van der Waals surface area contributed by atoms with Gasteiger partial charge in [-0.3, -0.25) is 0 Å². The molecule has 10 heavy (non-hydrogen) atoms. The highest BCUT2D eigenvalue weighted by Gasteiger charge is 2.61. The smallest absolute Gasteiger partial charge is 0.0317 e. The van der Waals surface area contributed by atoms with Crippen molar-refractivity contribution in [3.05, 3.63) is 0 Å². The van der Waals surface area contributed by atoms with E-state index in [0.717, 1.165) is 11.8 Å². The molecule has 0 aliphatic heterocycles. The van der Waals surface area contributed by atoms with Crippen LogP contribution in [0.25, 0.3) is 0 Å². The quantitative estimate of drug-likeness (QED) is 0.573. The van der Waals surface area contributed by atoms with E-state index in [-0.39, 0.29) is 0 Å². The zero-order chi connectivity index (χ0) is 7.19. The third kappa shape index (κ3) is 0.792. The molecule has 2 aliphatic rings. The van der Waals surface area contributed by atoms with Gasteiger partial charge in [0.05, 0.1) is 0 Å². The van der Waals surface area contributed by atoms with Crippen LogP contribution in [0.5, 0.6) is 0 Å². The first-order valence-corrected chi connectivity index (χ1v) is 5.27. The van der Waals surface area contributed by atoms with Crippen molar-refractivity contribution in [1.82, 2.24) is 0 Å². The molecule has 0 bridgehead atoms. The first-order valence-electron chi connectivity index (χ1n) is 4.48. The largest absolute Gasteiger partial charge is 0.0847 e. The van der Waals surface area contributed by atoms with Gasteiger partial charge in [0.2, 0.25) is 0 Å². The fraction of sp³-hybridized carbons (Fsp3) is 1.00. The molecule has 2 unspecified atom stereocenters. The molecule has 2 fully saturated rings. The van der Waals surface area contributed by atoms with Gasteiger partial charge in [0.1, 0.15) is 0 Å². The lowest BCUT2D eigenvalue weighted by Gasteiger charge is -2.04. The van der Waals surface area contributed by atoms with Crippen LogP contribution in [-0.4, -0.2) is 4.32 Å². The number of alkyl halides is 1. The maximum absolute atomic E-state index is 3.88. The lowest BCUT2D eigenvalue weighted by Crippen LogP contribution is -1.98. The summed E-state index contributed by atoms with van der Waals surface area (Å²) in [6, 6.07) is 0. The van der Waals surface area contributed by atoms with E-state index in [0.29, 0.717) is 4.32 Å². The van der Waals surface area contributed by atoms with Gasteiger partial charge in [-0.05, 0) is 31.1 Å². The summed E-state index contributed by atoms with van der Waals surface area (Å²) in [5.74, 6) is 2.09. The molecule has 2 atom stereocenters. The van der Waals surface area contributed by atoms with Gasteiger partial charge in [0.15, 0.2) is 0 Å². The van der Waals surface area contributed by atoms with E-state index in [4.69, 9.17) is 0 Å². The molecule has 0 aromatic rings. The van der Waals surface area contributed by atoms with Gasteiger partial charge in [0.25, 0.3) is 0 Å². The van der Waals surface area contributed by atoms with E-state index in [2.05, 4.69) is 22.9 Å². The fourth-order valence-corrected chi connectivity index (χ4v) is 3.66. The Morgan fingerprint density at radius 2 is 1.80 bits per heavy atom. The van der Waals surface area contributed by atoms with E-state index in [1.807, 2.05) is 0 Å². The number of hydrogen-bond donors (Lipinski definition) is 0. The minimum absolute atomic E-state index is 0.601. The summed E-state index contributed by atoms with van der Waals surface area (Å²) in [4.78, 5) is 0. The lowest BCUT2D eigenvalue weighted by atomic mass is 10.0. The van der Waals surface area contributed by atoms with Crippen LogP contribution in [0.4, 0.5) is 0 Å². The summed E-state index contributed by atoms with van der Waals surface area (Å²) in [7, 11) is 0. The molecule has 0 N–H and O–H groups in total. The van der Waals surface area contributed by atoms with Crippen molar-refractivity contribution < 1.29 is 0 Å². The normalized spacial score (nSPS) is 52.2. The Morgan fingerprint density at radius 3 is 2.20 bits per heavy atom. The van der Waals surface area contributed by atoms with E-state index < -0.39 is 0 Å². The first-order chi connectivity index (χ1) is 4.79. The minimum Gasteiger partial charge on any atom is -0.0847 e. The predicted octanol–water partition coefficient (Wildman–Crippen LogP) is 3.35. The Balaban J connectivity index is 2.04. The first kappa shape index (κ1) is 7.15. The Morgan fingerprint density at radius 1 is 1.30 bits per heavy atom. The molecule has 0 aromatic heterocycles. The molecule has 0 saturated heterocycles. The zero-order valence-electron chi connectivity index (χ0n) is 6.57. The van der Waals surface area contributed by atoms with Gasteiger partial charge in [0, 0.05) is 4.32 Å².